The third kappa shape index (κ3) is 3.00. The van der Waals surface area contributed by atoms with Gasteiger partial charge in [-0.1, -0.05) is 0 Å². The maximum absolute atomic E-state index is 11.7. The molecule has 1 amide bonds. The molecule has 0 aliphatic carbocycles. The molecule has 1 rings (SSSR count). The van der Waals surface area contributed by atoms with Crippen molar-refractivity contribution >= 4 is 27.5 Å². The fourth-order valence-electron chi connectivity index (χ4n) is 0.845. The smallest absolute Gasteiger partial charge is 0.256 e. The second kappa shape index (κ2) is 4.72. The third-order valence-electron chi connectivity index (χ3n) is 2.06. The van der Waals surface area contributed by atoms with Gasteiger partial charge in [0, 0.05) is 13.3 Å². The number of carbonyl (C=O) groups is 1. The highest BCUT2D eigenvalue weighted by atomic mass is 79.9. The summed E-state index contributed by atoms with van der Waals surface area (Å²) < 4.78 is 5.67. The third-order valence-corrected chi connectivity index (χ3v) is 2.70. The summed E-state index contributed by atoms with van der Waals surface area (Å²) in [6.45, 7) is 3.40. The second-order valence-electron chi connectivity index (χ2n) is 3.51. The number of nitrogens with zero attached hydrogens (tertiary/aromatic N) is 1. The molecule has 0 bridgehead atoms. The molecule has 1 heterocycles. The zero-order valence-corrected chi connectivity index (χ0v) is 10.5. The number of hydrogen-bond donors (Lipinski definition) is 1. The highest BCUT2D eigenvalue weighted by Crippen LogP contribution is 2.20. The molecule has 0 fully saturated rings. The number of rotatable bonds is 3. The number of pyridine rings is 1. The van der Waals surface area contributed by atoms with Crippen molar-refractivity contribution in [2.75, 3.05) is 12.4 Å². The number of hydrogen-bond acceptors (Lipinski definition) is 3. The van der Waals surface area contributed by atoms with Gasteiger partial charge in [0.25, 0.3) is 5.91 Å². The minimum absolute atomic E-state index is 0.210. The summed E-state index contributed by atoms with van der Waals surface area (Å²) in [5, 5.41) is 2.73. The van der Waals surface area contributed by atoms with E-state index in [1.807, 2.05) is 0 Å². The van der Waals surface area contributed by atoms with Crippen LogP contribution in [0.15, 0.2) is 22.9 Å². The number of methoxy groups -OCH3 is 1. The Morgan fingerprint density at radius 3 is 2.80 bits per heavy atom. The molecule has 0 aromatic carbocycles. The first-order chi connectivity index (χ1) is 6.97. The van der Waals surface area contributed by atoms with E-state index >= 15 is 0 Å². The van der Waals surface area contributed by atoms with Gasteiger partial charge in [-0.05, 0) is 41.9 Å². The van der Waals surface area contributed by atoms with Crippen molar-refractivity contribution in [1.82, 2.24) is 4.98 Å². The van der Waals surface area contributed by atoms with Crippen LogP contribution in [0.5, 0.6) is 0 Å². The Morgan fingerprint density at radius 2 is 2.27 bits per heavy atom. The van der Waals surface area contributed by atoms with Crippen molar-refractivity contribution in [3.8, 4) is 0 Å². The normalized spacial score (nSPS) is 11.2. The lowest BCUT2D eigenvalue weighted by molar-refractivity contribution is -0.133. The summed E-state index contributed by atoms with van der Waals surface area (Å²) >= 11 is 3.25. The molecule has 0 unspecified atom stereocenters. The Labute approximate surface area is 97.2 Å². The average molecular weight is 273 g/mol. The molecular formula is C10H13BrN2O2. The largest absolute Gasteiger partial charge is 0.369 e. The summed E-state index contributed by atoms with van der Waals surface area (Å²) in [5.41, 5.74) is -0.220. The van der Waals surface area contributed by atoms with E-state index in [4.69, 9.17) is 4.74 Å². The number of ether oxygens (including phenoxy) is 1. The molecule has 4 nitrogen and oxygen atoms in total. The van der Waals surface area contributed by atoms with Crippen LogP contribution in [-0.2, 0) is 9.53 Å². The fraction of sp³-hybridized carbons (Fsp3) is 0.400. The van der Waals surface area contributed by atoms with E-state index in [9.17, 15) is 4.79 Å². The summed E-state index contributed by atoms with van der Waals surface area (Å²) in [4.78, 5) is 15.7. The molecule has 0 saturated carbocycles. The topological polar surface area (TPSA) is 51.2 Å². The fourth-order valence-corrected chi connectivity index (χ4v) is 1.19. The van der Waals surface area contributed by atoms with E-state index < -0.39 is 5.60 Å². The van der Waals surface area contributed by atoms with E-state index in [1.54, 1.807) is 32.2 Å². The van der Waals surface area contributed by atoms with Gasteiger partial charge in [-0.3, -0.25) is 4.79 Å². The number of halogens is 1. The van der Waals surface area contributed by atoms with E-state index in [0.29, 0.717) is 10.3 Å². The highest BCUT2D eigenvalue weighted by Gasteiger charge is 2.27. The molecule has 82 valence electrons. The van der Waals surface area contributed by atoms with Crippen molar-refractivity contribution in [2.45, 2.75) is 19.4 Å². The maximum Gasteiger partial charge on any atom is 0.256 e. The molecule has 5 heteroatoms. The van der Waals surface area contributed by atoms with E-state index in [0.717, 1.165) is 0 Å². The Morgan fingerprint density at radius 1 is 1.60 bits per heavy atom. The zero-order chi connectivity index (χ0) is 11.5. The van der Waals surface area contributed by atoms with Crippen molar-refractivity contribution in [1.29, 1.82) is 0 Å². The zero-order valence-electron chi connectivity index (χ0n) is 8.87. The predicted octanol–water partition coefficient (Wildman–Crippen LogP) is 2.21. The van der Waals surface area contributed by atoms with Crippen LogP contribution < -0.4 is 5.32 Å². The highest BCUT2D eigenvalue weighted by molar-refractivity contribution is 9.10. The van der Waals surface area contributed by atoms with E-state index in [2.05, 4.69) is 26.2 Å². The first kappa shape index (κ1) is 12.1. The molecular weight excluding hydrogens is 260 g/mol. The number of aromatic nitrogens is 1. The molecule has 1 N–H and O–H groups in total. The standard InChI is InChI=1S/C10H13BrN2O2/c1-10(2,15-3)9(14)13-7-5-4-6-12-8(7)11/h4-6H,1-3H3,(H,13,14). The molecule has 0 radical (unpaired) electrons. The van der Waals surface area contributed by atoms with Crippen LogP contribution >= 0.6 is 15.9 Å². The van der Waals surface area contributed by atoms with Gasteiger partial charge in [0.1, 0.15) is 10.2 Å². The van der Waals surface area contributed by atoms with E-state index in [1.165, 1.54) is 7.11 Å². The lowest BCUT2D eigenvalue weighted by Crippen LogP contribution is -2.38. The van der Waals surface area contributed by atoms with Gasteiger partial charge in [-0.2, -0.15) is 0 Å². The van der Waals surface area contributed by atoms with Gasteiger partial charge in [0.2, 0.25) is 0 Å². The van der Waals surface area contributed by atoms with Crippen LogP contribution in [0.2, 0.25) is 0 Å². The number of anilines is 1. The number of amides is 1. The second-order valence-corrected chi connectivity index (χ2v) is 4.26. The van der Waals surface area contributed by atoms with Gasteiger partial charge in [0.05, 0.1) is 5.69 Å². The molecule has 0 aliphatic rings. The molecule has 0 saturated heterocycles. The van der Waals surface area contributed by atoms with Crippen molar-refractivity contribution < 1.29 is 9.53 Å². The molecule has 1 aromatic heterocycles. The predicted molar refractivity (Wildman–Crippen MR) is 61.7 cm³/mol. The Balaban J connectivity index is 2.80. The molecule has 0 spiro atoms. The Hall–Kier alpha value is -0.940. The van der Waals surface area contributed by atoms with Gasteiger partial charge in [-0.15, -0.1) is 0 Å². The first-order valence-electron chi connectivity index (χ1n) is 4.44. The molecule has 0 atom stereocenters. The van der Waals surface area contributed by atoms with Gasteiger partial charge in [0.15, 0.2) is 0 Å². The molecule has 0 aliphatic heterocycles. The molecule has 1 aromatic rings. The minimum atomic E-state index is -0.852. The van der Waals surface area contributed by atoms with Crippen molar-refractivity contribution in [3.63, 3.8) is 0 Å². The van der Waals surface area contributed by atoms with Crippen LogP contribution in [0.3, 0.4) is 0 Å². The lowest BCUT2D eigenvalue weighted by atomic mass is 10.1. The summed E-state index contributed by atoms with van der Waals surface area (Å²) in [7, 11) is 1.50. The van der Waals surface area contributed by atoms with Gasteiger partial charge < -0.3 is 10.1 Å². The maximum atomic E-state index is 11.7. The number of carbonyl (C=O) groups excluding carboxylic acids is 1. The van der Waals surface area contributed by atoms with Crippen molar-refractivity contribution in [2.24, 2.45) is 0 Å². The summed E-state index contributed by atoms with van der Waals surface area (Å²) in [5.74, 6) is -0.210. The Kier molecular flexibility index (Phi) is 3.82. The van der Waals surface area contributed by atoms with Crippen LogP contribution in [0.1, 0.15) is 13.8 Å². The Bertz CT molecular complexity index is 366. The molecule has 15 heavy (non-hydrogen) atoms. The first-order valence-corrected chi connectivity index (χ1v) is 5.24. The SMILES string of the molecule is COC(C)(C)C(=O)Nc1cccnc1Br. The quantitative estimate of drug-likeness (QED) is 0.859. The van der Waals surface area contributed by atoms with Crippen LogP contribution in [0, 0.1) is 0 Å². The van der Waals surface area contributed by atoms with E-state index in [-0.39, 0.29) is 5.91 Å². The summed E-state index contributed by atoms with van der Waals surface area (Å²) in [6.07, 6.45) is 1.64. The van der Waals surface area contributed by atoms with Crippen LogP contribution in [-0.4, -0.2) is 23.6 Å². The van der Waals surface area contributed by atoms with Crippen LogP contribution in [0.25, 0.3) is 0 Å². The summed E-state index contributed by atoms with van der Waals surface area (Å²) in [6, 6.07) is 3.51. The van der Waals surface area contributed by atoms with Gasteiger partial charge in [-0.25, -0.2) is 4.98 Å². The average Bonchev–Trinajstić information content (AvgIpc) is 2.21. The minimum Gasteiger partial charge on any atom is -0.369 e. The lowest BCUT2D eigenvalue weighted by Gasteiger charge is -2.21. The van der Waals surface area contributed by atoms with Crippen LogP contribution in [0.4, 0.5) is 5.69 Å². The number of nitrogens with one attached hydrogen (secondary N) is 1. The van der Waals surface area contributed by atoms with Gasteiger partial charge >= 0.3 is 0 Å². The van der Waals surface area contributed by atoms with Crippen molar-refractivity contribution in [3.05, 3.63) is 22.9 Å². The monoisotopic (exact) mass is 272 g/mol.